The lowest BCUT2D eigenvalue weighted by Crippen LogP contribution is -2.45. The van der Waals surface area contributed by atoms with Crippen molar-refractivity contribution in [2.24, 2.45) is 0 Å². The van der Waals surface area contributed by atoms with E-state index in [-0.39, 0.29) is 17.4 Å². The molecule has 1 amide bonds. The van der Waals surface area contributed by atoms with Crippen LogP contribution in [0.4, 0.5) is 5.69 Å². The molecule has 3 aromatic carbocycles. The number of nitrogens with zero attached hydrogens (tertiary/aromatic N) is 1. The molecule has 3 aromatic rings. The molecule has 0 saturated carbocycles. The molecule has 6 heteroatoms. The average molecular weight is 389 g/mol. The molecule has 29 heavy (non-hydrogen) atoms. The predicted octanol–water partition coefficient (Wildman–Crippen LogP) is 3.97. The van der Waals surface area contributed by atoms with Crippen LogP contribution in [-0.2, 0) is 4.79 Å². The van der Waals surface area contributed by atoms with Gasteiger partial charge in [-0.25, -0.2) is 0 Å². The summed E-state index contributed by atoms with van der Waals surface area (Å²) in [4.78, 5) is 27.3. The Bertz CT molecular complexity index is 1080. The van der Waals surface area contributed by atoms with E-state index in [0.29, 0.717) is 22.4 Å². The third-order valence-electron chi connectivity index (χ3n) is 5.18. The van der Waals surface area contributed by atoms with E-state index < -0.39 is 17.9 Å². The number of benzene rings is 3. The summed E-state index contributed by atoms with van der Waals surface area (Å²) in [6.07, 6.45) is 0. The molecule has 146 valence electrons. The highest BCUT2D eigenvalue weighted by atomic mass is 16.5. The highest BCUT2D eigenvalue weighted by Crippen LogP contribution is 2.46. The lowest BCUT2D eigenvalue weighted by Gasteiger charge is -2.40. The zero-order valence-corrected chi connectivity index (χ0v) is 15.6. The molecule has 2 unspecified atom stereocenters. The maximum absolute atomic E-state index is 13.4. The number of phenolic OH excluding ortho intramolecular Hbond substituents is 1. The van der Waals surface area contributed by atoms with Gasteiger partial charge < -0.3 is 14.9 Å². The molecule has 2 atom stereocenters. The number of phenols is 1. The fourth-order valence-corrected chi connectivity index (χ4v) is 3.89. The molecule has 1 aliphatic rings. The Kier molecular flexibility index (Phi) is 4.68. The number of para-hydroxylation sites is 1. The van der Waals surface area contributed by atoms with Gasteiger partial charge in [-0.1, -0.05) is 42.5 Å². The minimum absolute atomic E-state index is 0.0584. The van der Waals surface area contributed by atoms with Crippen molar-refractivity contribution in [3.05, 3.63) is 89.5 Å². The quantitative estimate of drug-likeness (QED) is 0.705. The van der Waals surface area contributed by atoms with Crippen molar-refractivity contribution in [2.45, 2.75) is 12.0 Å². The molecule has 0 aliphatic carbocycles. The zero-order valence-electron chi connectivity index (χ0n) is 15.6. The molecular formula is C23H19NO5. The number of carboxylic acid groups (broad SMARTS) is 1. The van der Waals surface area contributed by atoms with Gasteiger partial charge in [0.05, 0.1) is 13.2 Å². The first-order valence-corrected chi connectivity index (χ1v) is 9.10. The molecule has 0 bridgehead atoms. The summed E-state index contributed by atoms with van der Waals surface area (Å²) in [5, 5.41) is 20.1. The summed E-state index contributed by atoms with van der Waals surface area (Å²) >= 11 is 0. The number of rotatable bonds is 4. The van der Waals surface area contributed by atoms with Crippen LogP contribution in [-0.4, -0.2) is 29.2 Å². The first kappa shape index (κ1) is 18.6. The Morgan fingerprint density at radius 1 is 1.00 bits per heavy atom. The van der Waals surface area contributed by atoms with Crippen molar-refractivity contribution < 1.29 is 24.5 Å². The Balaban J connectivity index is 1.99. The maximum atomic E-state index is 13.4. The topological polar surface area (TPSA) is 87.1 Å². The number of aliphatic carboxylic acids is 1. The summed E-state index contributed by atoms with van der Waals surface area (Å²) in [6, 6.07) is 19.6. The summed E-state index contributed by atoms with van der Waals surface area (Å²) < 4.78 is 5.21. The van der Waals surface area contributed by atoms with E-state index >= 15 is 0 Å². The minimum Gasteiger partial charge on any atom is -0.504 e. The van der Waals surface area contributed by atoms with Gasteiger partial charge in [-0.05, 0) is 41.5 Å². The molecule has 0 radical (unpaired) electrons. The molecule has 0 aromatic heterocycles. The van der Waals surface area contributed by atoms with E-state index in [4.69, 9.17) is 4.74 Å². The Morgan fingerprint density at radius 2 is 1.69 bits per heavy atom. The molecule has 1 heterocycles. The van der Waals surface area contributed by atoms with Crippen LogP contribution < -0.4 is 9.64 Å². The first-order valence-electron chi connectivity index (χ1n) is 9.10. The fourth-order valence-electron chi connectivity index (χ4n) is 3.89. The van der Waals surface area contributed by atoms with Gasteiger partial charge in [-0.2, -0.15) is 0 Å². The van der Waals surface area contributed by atoms with Gasteiger partial charge in [0.25, 0.3) is 5.91 Å². The van der Waals surface area contributed by atoms with Crippen molar-refractivity contribution in [3.8, 4) is 11.5 Å². The fraction of sp³-hybridized carbons (Fsp3) is 0.130. The van der Waals surface area contributed by atoms with Crippen molar-refractivity contribution in [3.63, 3.8) is 0 Å². The second-order valence-electron chi connectivity index (χ2n) is 6.79. The number of ether oxygens (including phenoxy) is 1. The summed E-state index contributed by atoms with van der Waals surface area (Å²) in [7, 11) is 1.42. The maximum Gasteiger partial charge on any atom is 0.313 e. The lowest BCUT2D eigenvalue weighted by molar-refractivity contribution is -0.139. The SMILES string of the molecule is COc1cc(C2C(C(=O)O)c3ccccc3C(=O)N2c2ccccc2)ccc1O. The van der Waals surface area contributed by atoms with Gasteiger partial charge in [0.15, 0.2) is 11.5 Å². The van der Waals surface area contributed by atoms with Gasteiger partial charge in [-0.3, -0.25) is 14.5 Å². The highest BCUT2D eigenvalue weighted by molar-refractivity contribution is 6.11. The number of fused-ring (bicyclic) bond motifs is 1. The number of carbonyl (C=O) groups is 2. The van der Waals surface area contributed by atoms with Crippen LogP contribution in [0.1, 0.15) is 33.4 Å². The molecule has 0 fully saturated rings. The van der Waals surface area contributed by atoms with Crippen molar-refractivity contribution in [1.29, 1.82) is 0 Å². The summed E-state index contributed by atoms with van der Waals surface area (Å²) in [5.41, 5.74) is 1.98. The molecule has 1 aliphatic heterocycles. The van der Waals surface area contributed by atoms with Gasteiger partial charge in [-0.15, -0.1) is 0 Å². The molecule has 4 rings (SSSR count). The van der Waals surface area contributed by atoms with Gasteiger partial charge in [0, 0.05) is 11.3 Å². The zero-order chi connectivity index (χ0) is 20.5. The normalized spacial score (nSPS) is 18.2. The molecule has 0 saturated heterocycles. The average Bonchev–Trinajstić information content (AvgIpc) is 2.74. The Morgan fingerprint density at radius 3 is 2.38 bits per heavy atom. The predicted molar refractivity (Wildman–Crippen MR) is 107 cm³/mol. The van der Waals surface area contributed by atoms with Crippen LogP contribution in [0.25, 0.3) is 0 Å². The van der Waals surface area contributed by atoms with E-state index in [0.717, 1.165) is 0 Å². The number of methoxy groups -OCH3 is 1. The number of aromatic hydroxyl groups is 1. The van der Waals surface area contributed by atoms with Gasteiger partial charge >= 0.3 is 5.97 Å². The Labute approximate surface area is 167 Å². The second-order valence-corrected chi connectivity index (χ2v) is 6.79. The highest BCUT2D eigenvalue weighted by Gasteiger charge is 2.45. The number of amides is 1. The molecule has 6 nitrogen and oxygen atoms in total. The van der Waals surface area contributed by atoms with E-state index in [1.807, 2.05) is 6.07 Å². The largest absolute Gasteiger partial charge is 0.504 e. The third kappa shape index (κ3) is 3.08. The van der Waals surface area contributed by atoms with Crippen molar-refractivity contribution >= 4 is 17.6 Å². The van der Waals surface area contributed by atoms with Crippen LogP contribution in [0.15, 0.2) is 72.8 Å². The third-order valence-corrected chi connectivity index (χ3v) is 5.18. The summed E-state index contributed by atoms with van der Waals surface area (Å²) in [5.74, 6) is -2.15. The van der Waals surface area contributed by atoms with Crippen molar-refractivity contribution in [1.82, 2.24) is 0 Å². The molecule has 2 N–H and O–H groups in total. The van der Waals surface area contributed by atoms with E-state index in [1.54, 1.807) is 60.7 Å². The summed E-state index contributed by atoms with van der Waals surface area (Å²) in [6.45, 7) is 0. The van der Waals surface area contributed by atoms with Crippen LogP contribution in [0.3, 0.4) is 0 Å². The standard InChI is InChI=1S/C23H19NO5/c1-29-19-13-14(11-12-18(19)25)21-20(23(27)28)16-9-5-6-10-17(16)22(26)24(21)15-7-3-2-4-8-15/h2-13,20-21,25H,1H3,(H,27,28). The van der Waals surface area contributed by atoms with E-state index in [1.165, 1.54) is 18.1 Å². The number of anilines is 1. The smallest absolute Gasteiger partial charge is 0.313 e. The molecular weight excluding hydrogens is 370 g/mol. The van der Waals surface area contributed by atoms with E-state index in [2.05, 4.69) is 0 Å². The number of hydrogen-bond donors (Lipinski definition) is 2. The van der Waals surface area contributed by atoms with Gasteiger partial charge in [0.2, 0.25) is 0 Å². The number of hydrogen-bond acceptors (Lipinski definition) is 4. The van der Waals surface area contributed by atoms with Crippen molar-refractivity contribution in [2.75, 3.05) is 12.0 Å². The first-order chi connectivity index (χ1) is 14.0. The van der Waals surface area contributed by atoms with Crippen LogP contribution in [0.2, 0.25) is 0 Å². The molecule has 0 spiro atoms. The number of carbonyl (C=O) groups excluding carboxylic acids is 1. The lowest BCUT2D eigenvalue weighted by atomic mass is 9.79. The second kappa shape index (κ2) is 7.31. The van der Waals surface area contributed by atoms with Crippen LogP contribution in [0.5, 0.6) is 11.5 Å². The monoisotopic (exact) mass is 389 g/mol. The Hall–Kier alpha value is -3.80. The van der Waals surface area contributed by atoms with Crippen LogP contribution in [0, 0.1) is 0 Å². The number of carboxylic acids is 1. The van der Waals surface area contributed by atoms with E-state index in [9.17, 15) is 19.8 Å². The van der Waals surface area contributed by atoms with Gasteiger partial charge in [0.1, 0.15) is 5.92 Å². The van der Waals surface area contributed by atoms with Crippen LogP contribution >= 0.6 is 0 Å². The minimum atomic E-state index is -1.04.